The second-order valence-corrected chi connectivity index (χ2v) is 7.03. The maximum atomic E-state index is 12.1. The van der Waals surface area contributed by atoms with Crippen LogP contribution in [0.5, 0.6) is 0 Å². The van der Waals surface area contributed by atoms with Crippen molar-refractivity contribution in [2.45, 2.75) is 0 Å². The first kappa shape index (κ1) is 21.3. The van der Waals surface area contributed by atoms with Crippen molar-refractivity contribution in [3.8, 4) is 0 Å². The van der Waals surface area contributed by atoms with Crippen LogP contribution in [-0.4, -0.2) is 16.8 Å². The van der Waals surface area contributed by atoms with E-state index in [0.717, 1.165) is 11.1 Å². The fourth-order valence-corrected chi connectivity index (χ4v) is 2.65. The molecule has 1 aromatic heterocycles. The van der Waals surface area contributed by atoms with Crippen molar-refractivity contribution in [1.82, 2.24) is 4.98 Å². The summed E-state index contributed by atoms with van der Waals surface area (Å²) in [6, 6.07) is 19.1. The molecule has 3 aromatic rings. The van der Waals surface area contributed by atoms with Gasteiger partial charge in [0.05, 0.1) is 0 Å². The number of hydrogen-bond acceptors (Lipinski definition) is 3. The molecule has 3 rings (SSSR count). The first-order valence-corrected chi connectivity index (χ1v) is 9.70. The molecule has 1 heterocycles. The third kappa shape index (κ3) is 6.88. The van der Waals surface area contributed by atoms with Crippen LogP contribution in [0.2, 0.25) is 10.0 Å². The highest BCUT2D eigenvalue weighted by molar-refractivity contribution is 6.30. The van der Waals surface area contributed by atoms with Crippen molar-refractivity contribution in [1.29, 1.82) is 0 Å². The summed E-state index contributed by atoms with van der Waals surface area (Å²) in [5.74, 6) is -0.0485. The maximum Gasteiger partial charge on any atom is 0.249 e. The molecule has 5 nitrogen and oxygen atoms in total. The zero-order valence-electron chi connectivity index (χ0n) is 15.7. The molecule has 0 saturated carbocycles. The SMILES string of the molecule is O=C(/C=C/c1ccc(Cl)cc1)Nc1cccc(NC(=O)/C=C/c2ccc(Cl)cc2)n1. The van der Waals surface area contributed by atoms with Gasteiger partial charge in [-0.25, -0.2) is 4.98 Å². The van der Waals surface area contributed by atoms with Crippen LogP contribution in [0.1, 0.15) is 11.1 Å². The predicted octanol–water partition coefficient (Wildman–Crippen LogP) is 5.69. The Hall–Kier alpha value is -3.41. The third-order valence-corrected chi connectivity index (χ3v) is 4.35. The van der Waals surface area contributed by atoms with Crippen molar-refractivity contribution in [3.05, 3.63) is 100 Å². The molecular weight excluding hydrogens is 421 g/mol. The van der Waals surface area contributed by atoms with E-state index in [4.69, 9.17) is 23.2 Å². The maximum absolute atomic E-state index is 12.1. The van der Waals surface area contributed by atoms with Gasteiger partial charge in [0.2, 0.25) is 11.8 Å². The minimum atomic E-state index is -0.344. The Kier molecular flexibility index (Phi) is 7.38. The van der Waals surface area contributed by atoms with Crippen LogP contribution in [0.3, 0.4) is 0 Å². The Morgan fingerprint density at radius 1 is 0.667 bits per heavy atom. The molecule has 0 spiro atoms. The van der Waals surface area contributed by atoms with Crippen LogP contribution in [0, 0.1) is 0 Å². The monoisotopic (exact) mass is 437 g/mol. The molecule has 0 fully saturated rings. The van der Waals surface area contributed by atoms with Gasteiger partial charge in [-0.15, -0.1) is 0 Å². The van der Waals surface area contributed by atoms with Crippen LogP contribution in [0.15, 0.2) is 78.9 Å². The van der Waals surface area contributed by atoms with Crippen molar-refractivity contribution in [2.24, 2.45) is 0 Å². The van der Waals surface area contributed by atoms with Gasteiger partial charge in [-0.05, 0) is 59.7 Å². The van der Waals surface area contributed by atoms with E-state index in [1.807, 2.05) is 0 Å². The molecule has 0 atom stereocenters. The van der Waals surface area contributed by atoms with Gasteiger partial charge in [0.25, 0.3) is 0 Å². The van der Waals surface area contributed by atoms with E-state index in [1.165, 1.54) is 12.2 Å². The van der Waals surface area contributed by atoms with Gasteiger partial charge in [0.15, 0.2) is 0 Å². The molecule has 0 aliphatic rings. The fourth-order valence-electron chi connectivity index (χ4n) is 2.40. The first-order chi connectivity index (χ1) is 14.5. The topological polar surface area (TPSA) is 71.1 Å². The van der Waals surface area contributed by atoms with Gasteiger partial charge in [-0.3, -0.25) is 9.59 Å². The lowest BCUT2D eigenvalue weighted by atomic mass is 10.2. The molecule has 0 unspecified atom stereocenters. The largest absolute Gasteiger partial charge is 0.307 e. The number of aromatic nitrogens is 1. The predicted molar refractivity (Wildman–Crippen MR) is 122 cm³/mol. The van der Waals surface area contributed by atoms with E-state index < -0.39 is 0 Å². The average Bonchev–Trinajstić information content (AvgIpc) is 2.73. The number of rotatable bonds is 6. The summed E-state index contributed by atoms with van der Waals surface area (Å²) in [4.78, 5) is 28.4. The van der Waals surface area contributed by atoms with Crippen molar-refractivity contribution in [3.63, 3.8) is 0 Å². The fraction of sp³-hybridized carbons (Fsp3) is 0. The summed E-state index contributed by atoms with van der Waals surface area (Å²) < 4.78 is 0. The standard InChI is InChI=1S/C23H17Cl2N3O2/c24-18-10-4-16(5-11-18)8-14-22(29)27-20-2-1-3-21(26-20)28-23(30)15-9-17-6-12-19(25)13-7-17/h1-15H,(H2,26,27,28,29,30)/b14-8+,15-9+. The molecule has 0 aliphatic carbocycles. The molecule has 2 N–H and O–H groups in total. The van der Waals surface area contributed by atoms with Crippen molar-refractivity contribution < 1.29 is 9.59 Å². The van der Waals surface area contributed by atoms with Crippen molar-refractivity contribution >= 4 is 58.8 Å². The molecule has 30 heavy (non-hydrogen) atoms. The summed E-state index contributed by atoms with van der Waals surface area (Å²) in [6.45, 7) is 0. The summed E-state index contributed by atoms with van der Waals surface area (Å²) >= 11 is 11.7. The lowest BCUT2D eigenvalue weighted by Gasteiger charge is -2.05. The number of anilines is 2. The highest BCUT2D eigenvalue weighted by Gasteiger charge is 2.03. The van der Waals surface area contributed by atoms with E-state index in [2.05, 4.69) is 15.6 Å². The summed E-state index contributed by atoms with van der Waals surface area (Å²) in [5, 5.41) is 6.57. The van der Waals surface area contributed by atoms with Gasteiger partial charge >= 0.3 is 0 Å². The molecule has 0 radical (unpaired) electrons. The minimum Gasteiger partial charge on any atom is -0.307 e. The number of benzene rings is 2. The lowest BCUT2D eigenvalue weighted by molar-refractivity contribution is -0.112. The number of carbonyl (C=O) groups excluding carboxylic acids is 2. The Labute approximate surface area is 184 Å². The number of hydrogen-bond donors (Lipinski definition) is 2. The lowest BCUT2D eigenvalue weighted by Crippen LogP contribution is -2.12. The molecular formula is C23H17Cl2N3O2. The normalized spacial score (nSPS) is 11.0. The number of nitrogens with zero attached hydrogens (tertiary/aromatic N) is 1. The summed E-state index contributed by atoms with van der Waals surface area (Å²) in [7, 11) is 0. The van der Waals surface area contributed by atoms with Crippen LogP contribution >= 0.6 is 23.2 Å². The summed E-state index contributed by atoms with van der Waals surface area (Å²) in [6.07, 6.45) is 6.12. The highest BCUT2D eigenvalue weighted by Crippen LogP contribution is 2.13. The molecule has 2 aromatic carbocycles. The zero-order valence-corrected chi connectivity index (χ0v) is 17.2. The Bertz CT molecular complexity index is 1010. The Balaban J connectivity index is 1.57. The van der Waals surface area contributed by atoms with Crippen LogP contribution in [0.4, 0.5) is 11.6 Å². The number of carbonyl (C=O) groups is 2. The molecule has 0 saturated heterocycles. The van der Waals surface area contributed by atoms with Crippen LogP contribution < -0.4 is 10.6 Å². The minimum absolute atomic E-state index is 0.320. The van der Waals surface area contributed by atoms with Gasteiger partial charge in [-0.1, -0.05) is 53.5 Å². The number of pyridine rings is 1. The smallest absolute Gasteiger partial charge is 0.249 e. The van der Waals surface area contributed by atoms with E-state index in [-0.39, 0.29) is 11.8 Å². The molecule has 2 amide bonds. The molecule has 150 valence electrons. The molecule has 7 heteroatoms. The third-order valence-electron chi connectivity index (χ3n) is 3.85. The number of nitrogens with one attached hydrogen (secondary N) is 2. The zero-order chi connectivity index (χ0) is 21.3. The summed E-state index contributed by atoms with van der Waals surface area (Å²) in [5.41, 5.74) is 1.69. The quantitative estimate of drug-likeness (QED) is 0.486. The van der Waals surface area contributed by atoms with Gasteiger partial charge in [0.1, 0.15) is 11.6 Å². The Morgan fingerprint density at radius 3 is 1.47 bits per heavy atom. The van der Waals surface area contributed by atoms with E-state index >= 15 is 0 Å². The highest BCUT2D eigenvalue weighted by atomic mass is 35.5. The second-order valence-electron chi connectivity index (χ2n) is 6.16. The van der Waals surface area contributed by atoms with Crippen LogP contribution in [0.25, 0.3) is 12.2 Å². The second kappa shape index (κ2) is 10.4. The van der Waals surface area contributed by atoms with E-state index in [9.17, 15) is 9.59 Å². The van der Waals surface area contributed by atoms with Gasteiger partial charge in [-0.2, -0.15) is 0 Å². The van der Waals surface area contributed by atoms with Gasteiger partial charge in [0, 0.05) is 22.2 Å². The number of halogens is 2. The van der Waals surface area contributed by atoms with Crippen molar-refractivity contribution in [2.75, 3.05) is 10.6 Å². The van der Waals surface area contributed by atoms with E-state index in [1.54, 1.807) is 78.9 Å². The van der Waals surface area contributed by atoms with Gasteiger partial charge < -0.3 is 10.6 Å². The van der Waals surface area contributed by atoms with E-state index in [0.29, 0.717) is 21.7 Å². The first-order valence-electron chi connectivity index (χ1n) is 8.94. The molecule has 0 bridgehead atoms. The Morgan fingerprint density at radius 2 is 1.07 bits per heavy atom. The number of amides is 2. The average molecular weight is 438 g/mol. The van der Waals surface area contributed by atoms with Crippen LogP contribution in [-0.2, 0) is 9.59 Å². The molecule has 0 aliphatic heterocycles.